The molecule has 0 radical (unpaired) electrons. The smallest absolute Gasteiger partial charge is 0.490 e. The molecule has 1 atom stereocenters. The van der Waals surface area contributed by atoms with Gasteiger partial charge in [0.1, 0.15) is 24.5 Å². The van der Waals surface area contributed by atoms with Gasteiger partial charge in [0, 0.05) is 35.3 Å². The second kappa shape index (κ2) is 13.4. The highest BCUT2D eigenvalue weighted by Gasteiger charge is 2.39. The number of aromatic nitrogens is 4. The van der Waals surface area contributed by atoms with Crippen LogP contribution in [0.4, 0.5) is 32.2 Å². The molecular formula is C26H29ClF6N6O5. The van der Waals surface area contributed by atoms with Gasteiger partial charge in [-0.15, -0.1) is 0 Å². The highest BCUT2D eigenvalue weighted by atomic mass is 35.5. The Morgan fingerprint density at radius 3 is 2.16 bits per heavy atom. The molecule has 2 aromatic heterocycles. The van der Waals surface area contributed by atoms with Gasteiger partial charge in [0.2, 0.25) is 0 Å². The first-order chi connectivity index (χ1) is 20.3. The molecule has 2 aliphatic rings. The Kier molecular flexibility index (Phi) is 10.6. The Bertz CT molecular complexity index is 1500. The second-order valence-electron chi connectivity index (χ2n) is 10.1. The number of carboxylic acid groups (broad SMARTS) is 2. The standard InChI is InChI=1S/C22H27ClN6O.2C2HF3O2/c1-12-17-10-28(15-5-4-6-15)7-8-30-20(17)16(9-18(12)23)14(3)29-22-19(13(2)27-29)21(24)25-11-26-22;2*3-2(4,5)1(6)7/h9,11,14-15H,4-8,10H2,1-3H3,(H2,24,25,26);2*(H,6,7). The molecule has 0 amide bonds. The average molecular weight is 655 g/mol. The van der Waals surface area contributed by atoms with Crippen LogP contribution in [0.1, 0.15) is 54.6 Å². The van der Waals surface area contributed by atoms with E-state index in [0.29, 0.717) is 18.5 Å². The molecule has 1 aliphatic carbocycles. The summed E-state index contributed by atoms with van der Waals surface area (Å²) in [5.41, 5.74) is 10.9. The highest BCUT2D eigenvalue weighted by molar-refractivity contribution is 6.31. The SMILES string of the molecule is Cc1c(Cl)cc(C(C)n2nc(C)c3c(N)ncnc32)c2c1CN(C1CCC1)CCO2.O=C(O)C(F)(F)F.O=C(O)C(F)(F)F. The number of anilines is 1. The molecule has 11 nitrogen and oxygen atoms in total. The van der Waals surface area contributed by atoms with Crippen LogP contribution < -0.4 is 10.5 Å². The van der Waals surface area contributed by atoms with E-state index in [0.717, 1.165) is 51.7 Å². The first kappa shape index (κ1) is 34.6. The van der Waals surface area contributed by atoms with Crippen molar-refractivity contribution in [1.82, 2.24) is 24.6 Å². The number of hydrogen-bond acceptors (Lipinski definition) is 8. The van der Waals surface area contributed by atoms with Crippen molar-refractivity contribution in [2.24, 2.45) is 0 Å². The van der Waals surface area contributed by atoms with Crippen molar-refractivity contribution in [2.75, 3.05) is 18.9 Å². The maximum atomic E-state index is 10.6. The summed E-state index contributed by atoms with van der Waals surface area (Å²) in [6, 6.07) is 2.57. The topological polar surface area (TPSA) is 157 Å². The predicted octanol–water partition coefficient (Wildman–Crippen LogP) is 5.30. The van der Waals surface area contributed by atoms with Crippen LogP contribution in [0.3, 0.4) is 0 Å². The maximum Gasteiger partial charge on any atom is 0.490 e. The van der Waals surface area contributed by atoms with Gasteiger partial charge in [-0.25, -0.2) is 24.2 Å². The minimum Gasteiger partial charge on any atom is -0.492 e. The summed E-state index contributed by atoms with van der Waals surface area (Å²) < 4.78 is 71.7. The predicted molar refractivity (Wildman–Crippen MR) is 145 cm³/mol. The van der Waals surface area contributed by atoms with E-state index in [2.05, 4.69) is 28.7 Å². The first-order valence-corrected chi connectivity index (χ1v) is 13.5. The molecule has 3 aromatic rings. The van der Waals surface area contributed by atoms with Crippen LogP contribution in [0.5, 0.6) is 5.75 Å². The second-order valence-corrected chi connectivity index (χ2v) is 10.5. The zero-order valence-corrected chi connectivity index (χ0v) is 24.4. The molecule has 0 saturated heterocycles. The van der Waals surface area contributed by atoms with Crippen LogP contribution in [0.15, 0.2) is 12.4 Å². The zero-order valence-electron chi connectivity index (χ0n) is 23.6. The van der Waals surface area contributed by atoms with Crippen LogP contribution in [-0.4, -0.2) is 78.3 Å². The van der Waals surface area contributed by atoms with Crippen molar-refractivity contribution in [3.05, 3.63) is 39.8 Å². The average Bonchev–Trinajstić information content (AvgIpc) is 3.08. The third-order valence-electron chi connectivity index (χ3n) is 7.20. The van der Waals surface area contributed by atoms with E-state index in [-0.39, 0.29) is 6.04 Å². The minimum absolute atomic E-state index is 0.113. The number of carboxylic acids is 2. The number of nitrogens with two attached hydrogens (primary N) is 1. The number of fused-ring (bicyclic) bond motifs is 2. The van der Waals surface area contributed by atoms with Crippen LogP contribution >= 0.6 is 11.6 Å². The number of ether oxygens (including phenoxy) is 1. The van der Waals surface area contributed by atoms with Crippen molar-refractivity contribution in [3.63, 3.8) is 0 Å². The largest absolute Gasteiger partial charge is 0.492 e. The molecular weight excluding hydrogens is 626 g/mol. The number of hydrogen-bond donors (Lipinski definition) is 3. The van der Waals surface area contributed by atoms with E-state index in [9.17, 15) is 26.3 Å². The van der Waals surface area contributed by atoms with E-state index >= 15 is 0 Å². The van der Waals surface area contributed by atoms with Gasteiger partial charge in [-0.1, -0.05) is 18.0 Å². The van der Waals surface area contributed by atoms with E-state index in [1.165, 1.54) is 31.2 Å². The number of rotatable bonds is 3. The number of benzene rings is 1. The van der Waals surface area contributed by atoms with Gasteiger partial charge in [0.15, 0.2) is 5.65 Å². The van der Waals surface area contributed by atoms with E-state index in [4.69, 9.17) is 47.0 Å². The molecule has 5 rings (SSSR count). The number of halogens is 7. The molecule has 1 unspecified atom stereocenters. The Balaban J connectivity index is 0.000000317. The molecule has 1 aliphatic heterocycles. The van der Waals surface area contributed by atoms with Crippen molar-refractivity contribution < 1.29 is 50.9 Å². The van der Waals surface area contributed by atoms with E-state index in [1.807, 2.05) is 17.7 Å². The molecule has 0 spiro atoms. The van der Waals surface area contributed by atoms with E-state index in [1.54, 1.807) is 0 Å². The van der Waals surface area contributed by atoms with Gasteiger partial charge in [0.05, 0.1) is 17.1 Å². The molecule has 3 heterocycles. The zero-order chi connectivity index (χ0) is 33.1. The van der Waals surface area contributed by atoms with Crippen LogP contribution in [0.2, 0.25) is 5.02 Å². The van der Waals surface area contributed by atoms with Gasteiger partial charge in [-0.3, -0.25) is 4.90 Å². The summed E-state index contributed by atoms with van der Waals surface area (Å²) in [7, 11) is 0. The Morgan fingerprint density at radius 1 is 1.09 bits per heavy atom. The van der Waals surface area contributed by atoms with Crippen LogP contribution in [0.25, 0.3) is 11.0 Å². The Morgan fingerprint density at radius 2 is 1.66 bits per heavy atom. The monoisotopic (exact) mass is 654 g/mol. The quantitative estimate of drug-likeness (QED) is 0.317. The van der Waals surface area contributed by atoms with Crippen molar-refractivity contribution >= 4 is 40.4 Å². The number of aryl methyl sites for hydroxylation is 1. The lowest BCUT2D eigenvalue weighted by atomic mass is 9.90. The third kappa shape index (κ3) is 7.80. The lowest BCUT2D eigenvalue weighted by Gasteiger charge is -2.36. The fourth-order valence-corrected chi connectivity index (χ4v) is 4.88. The summed E-state index contributed by atoms with van der Waals surface area (Å²) in [6.07, 6.45) is -4.81. The number of nitrogens with zero attached hydrogens (tertiary/aromatic N) is 5. The normalized spacial score (nSPS) is 16.2. The molecule has 44 heavy (non-hydrogen) atoms. The molecule has 0 bridgehead atoms. The summed E-state index contributed by atoms with van der Waals surface area (Å²) in [6.45, 7) is 8.62. The number of aliphatic carboxylic acids is 2. The van der Waals surface area contributed by atoms with Gasteiger partial charge in [-0.2, -0.15) is 31.4 Å². The highest BCUT2D eigenvalue weighted by Crippen LogP contribution is 2.41. The van der Waals surface area contributed by atoms with Crippen molar-refractivity contribution in [3.8, 4) is 5.75 Å². The fourth-order valence-electron chi connectivity index (χ4n) is 4.65. The maximum absolute atomic E-state index is 10.6. The molecule has 1 aromatic carbocycles. The number of nitrogen functional groups attached to an aromatic ring is 1. The number of alkyl halides is 6. The molecule has 18 heteroatoms. The van der Waals surface area contributed by atoms with Crippen molar-refractivity contribution in [2.45, 2.75) is 71.0 Å². The number of carbonyl (C=O) groups is 2. The molecule has 1 saturated carbocycles. The van der Waals surface area contributed by atoms with Gasteiger partial charge in [-0.05, 0) is 45.2 Å². The molecule has 1 fully saturated rings. The summed E-state index contributed by atoms with van der Waals surface area (Å²) in [5.74, 6) is -4.13. The lowest BCUT2D eigenvalue weighted by Crippen LogP contribution is -2.40. The van der Waals surface area contributed by atoms with E-state index < -0.39 is 24.3 Å². The third-order valence-corrected chi connectivity index (χ3v) is 7.59. The Hall–Kier alpha value is -3.86. The van der Waals surface area contributed by atoms with Crippen molar-refractivity contribution in [1.29, 1.82) is 0 Å². The fraction of sp³-hybridized carbons (Fsp3) is 0.500. The summed E-state index contributed by atoms with van der Waals surface area (Å²) in [5, 5.41) is 20.6. The molecule has 242 valence electrons. The van der Waals surface area contributed by atoms with Crippen LogP contribution in [-0.2, 0) is 16.1 Å². The minimum atomic E-state index is -5.08. The molecule has 4 N–H and O–H groups in total. The summed E-state index contributed by atoms with van der Waals surface area (Å²) in [4.78, 5) is 28.9. The first-order valence-electron chi connectivity index (χ1n) is 13.1. The van der Waals surface area contributed by atoms with Gasteiger partial charge >= 0.3 is 24.3 Å². The van der Waals surface area contributed by atoms with Gasteiger partial charge < -0.3 is 20.7 Å². The summed E-state index contributed by atoms with van der Waals surface area (Å²) >= 11 is 6.71. The lowest BCUT2D eigenvalue weighted by molar-refractivity contribution is -0.193. The van der Waals surface area contributed by atoms with Gasteiger partial charge in [0.25, 0.3) is 0 Å². The van der Waals surface area contributed by atoms with Crippen LogP contribution in [0, 0.1) is 13.8 Å². The Labute approximate surface area is 251 Å².